The van der Waals surface area contributed by atoms with Gasteiger partial charge in [-0.2, -0.15) is 0 Å². The van der Waals surface area contributed by atoms with E-state index < -0.39 is 18.0 Å². The molecule has 1 amide bonds. The average Bonchev–Trinajstić information content (AvgIpc) is 2.57. The standard InChI is InChI=1S/C17H16Cl2N2O4/c1-9-4-5-14(24-3)12(6-9)17(23)25-10(2)16(22)21-15-13(19)7-11(18)8-20-15/h4-8,10H,1-3H3,(H,20,21,22)/t10-/m1/s1. The fraction of sp³-hybridized carbons (Fsp3) is 0.235. The third kappa shape index (κ3) is 4.84. The Bertz CT molecular complexity index is 811. The van der Waals surface area contributed by atoms with Gasteiger partial charge < -0.3 is 14.8 Å². The number of aryl methyl sites for hydroxylation is 1. The smallest absolute Gasteiger partial charge is 0.342 e. The SMILES string of the molecule is COc1ccc(C)cc1C(=O)O[C@H](C)C(=O)Nc1ncc(Cl)cc1Cl. The second kappa shape index (κ2) is 8.18. The Labute approximate surface area is 155 Å². The number of hydrogen-bond acceptors (Lipinski definition) is 5. The molecule has 0 aliphatic heterocycles. The number of nitrogens with zero attached hydrogens (tertiary/aromatic N) is 1. The summed E-state index contributed by atoms with van der Waals surface area (Å²) in [6, 6.07) is 6.54. The molecule has 132 valence electrons. The first-order chi connectivity index (χ1) is 11.8. The lowest BCUT2D eigenvalue weighted by Gasteiger charge is -2.15. The van der Waals surface area contributed by atoms with E-state index in [9.17, 15) is 9.59 Å². The zero-order valence-electron chi connectivity index (χ0n) is 13.8. The van der Waals surface area contributed by atoms with Crippen molar-refractivity contribution in [1.29, 1.82) is 0 Å². The van der Waals surface area contributed by atoms with Crippen molar-refractivity contribution in [3.05, 3.63) is 51.6 Å². The molecule has 1 aromatic heterocycles. The second-order valence-corrected chi connectivity index (χ2v) is 6.07. The molecule has 2 aromatic rings. The van der Waals surface area contributed by atoms with E-state index in [0.29, 0.717) is 10.8 Å². The minimum atomic E-state index is -1.06. The van der Waals surface area contributed by atoms with Gasteiger partial charge in [-0.05, 0) is 32.0 Å². The highest BCUT2D eigenvalue weighted by molar-refractivity contribution is 6.36. The Balaban J connectivity index is 2.08. The number of halogens is 2. The number of hydrogen-bond donors (Lipinski definition) is 1. The number of rotatable bonds is 5. The Morgan fingerprint density at radius 3 is 2.60 bits per heavy atom. The predicted octanol–water partition coefficient (Wildman–Crippen LogP) is 3.89. The maximum atomic E-state index is 12.3. The number of nitrogens with one attached hydrogen (secondary N) is 1. The molecule has 25 heavy (non-hydrogen) atoms. The average molecular weight is 383 g/mol. The summed E-state index contributed by atoms with van der Waals surface area (Å²) in [6.45, 7) is 3.28. The van der Waals surface area contributed by atoms with Gasteiger partial charge >= 0.3 is 5.97 Å². The molecule has 0 aliphatic carbocycles. The lowest BCUT2D eigenvalue weighted by atomic mass is 10.1. The maximum Gasteiger partial charge on any atom is 0.342 e. The van der Waals surface area contributed by atoms with Crippen LogP contribution in [0.1, 0.15) is 22.8 Å². The zero-order chi connectivity index (χ0) is 18.6. The topological polar surface area (TPSA) is 77.5 Å². The zero-order valence-corrected chi connectivity index (χ0v) is 15.3. The molecule has 0 spiro atoms. The second-order valence-electron chi connectivity index (χ2n) is 5.22. The molecule has 0 bridgehead atoms. The highest BCUT2D eigenvalue weighted by Crippen LogP contribution is 2.23. The molecule has 0 unspecified atom stereocenters. The van der Waals surface area contributed by atoms with Crippen molar-refractivity contribution in [1.82, 2.24) is 4.98 Å². The molecular weight excluding hydrogens is 367 g/mol. The van der Waals surface area contributed by atoms with Crippen LogP contribution < -0.4 is 10.1 Å². The van der Waals surface area contributed by atoms with E-state index in [2.05, 4.69) is 10.3 Å². The predicted molar refractivity (Wildman–Crippen MR) is 95.5 cm³/mol. The van der Waals surface area contributed by atoms with Crippen LogP contribution in [0.2, 0.25) is 10.0 Å². The summed E-state index contributed by atoms with van der Waals surface area (Å²) in [5.74, 6) is -0.743. The van der Waals surface area contributed by atoms with Crippen LogP contribution in [0.15, 0.2) is 30.5 Å². The van der Waals surface area contributed by atoms with Crippen LogP contribution in [-0.4, -0.2) is 30.1 Å². The Hall–Kier alpha value is -2.31. The normalized spacial score (nSPS) is 11.6. The highest BCUT2D eigenvalue weighted by Gasteiger charge is 2.22. The number of carbonyl (C=O) groups excluding carboxylic acids is 2. The summed E-state index contributed by atoms with van der Waals surface area (Å²) in [4.78, 5) is 28.4. The number of amides is 1. The minimum absolute atomic E-state index is 0.132. The largest absolute Gasteiger partial charge is 0.496 e. The number of pyridine rings is 1. The monoisotopic (exact) mass is 382 g/mol. The summed E-state index contributed by atoms with van der Waals surface area (Å²) >= 11 is 11.7. The van der Waals surface area contributed by atoms with Crippen LogP contribution in [0, 0.1) is 6.92 Å². The Kier molecular flexibility index (Phi) is 6.22. The quantitative estimate of drug-likeness (QED) is 0.793. The number of aromatic nitrogens is 1. The van der Waals surface area contributed by atoms with E-state index in [4.69, 9.17) is 32.7 Å². The molecule has 2 rings (SSSR count). The van der Waals surface area contributed by atoms with Crippen molar-refractivity contribution < 1.29 is 19.1 Å². The molecule has 0 aliphatic rings. The molecule has 1 heterocycles. The van der Waals surface area contributed by atoms with Gasteiger partial charge in [-0.3, -0.25) is 4.79 Å². The van der Waals surface area contributed by atoms with Crippen LogP contribution in [0.25, 0.3) is 0 Å². The third-order valence-corrected chi connectivity index (χ3v) is 3.77. The van der Waals surface area contributed by atoms with Gasteiger partial charge in [0.25, 0.3) is 5.91 Å². The summed E-state index contributed by atoms with van der Waals surface area (Å²) in [7, 11) is 1.45. The molecule has 8 heteroatoms. The number of anilines is 1. The van der Waals surface area contributed by atoms with Crippen molar-refractivity contribution >= 4 is 40.9 Å². The van der Waals surface area contributed by atoms with Gasteiger partial charge in [0.15, 0.2) is 11.9 Å². The van der Waals surface area contributed by atoms with E-state index in [0.717, 1.165) is 5.56 Å². The van der Waals surface area contributed by atoms with E-state index >= 15 is 0 Å². The fourth-order valence-corrected chi connectivity index (χ4v) is 2.41. The Morgan fingerprint density at radius 2 is 1.96 bits per heavy atom. The van der Waals surface area contributed by atoms with Crippen LogP contribution in [0.3, 0.4) is 0 Å². The molecule has 0 saturated carbocycles. The van der Waals surface area contributed by atoms with Crippen molar-refractivity contribution in [2.24, 2.45) is 0 Å². The first kappa shape index (κ1) is 19.0. The number of benzene rings is 1. The van der Waals surface area contributed by atoms with E-state index in [1.807, 2.05) is 6.92 Å². The van der Waals surface area contributed by atoms with Crippen LogP contribution >= 0.6 is 23.2 Å². The van der Waals surface area contributed by atoms with E-state index in [-0.39, 0.29) is 16.4 Å². The number of esters is 1. The molecule has 0 saturated heterocycles. The number of methoxy groups -OCH3 is 1. The van der Waals surface area contributed by atoms with Gasteiger partial charge in [0, 0.05) is 6.20 Å². The number of ether oxygens (including phenoxy) is 2. The molecule has 1 aromatic carbocycles. The van der Waals surface area contributed by atoms with Crippen molar-refractivity contribution in [2.75, 3.05) is 12.4 Å². The molecule has 1 N–H and O–H groups in total. The maximum absolute atomic E-state index is 12.3. The lowest BCUT2D eigenvalue weighted by molar-refractivity contribution is -0.123. The fourth-order valence-electron chi connectivity index (χ4n) is 1.98. The van der Waals surface area contributed by atoms with Crippen LogP contribution in [-0.2, 0) is 9.53 Å². The summed E-state index contributed by atoms with van der Waals surface area (Å²) in [5.41, 5.74) is 1.10. The first-order valence-electron chi connectivity index (χ1n) is 7.29. The third-order valence-electron chi connectivity index (χ3n) is 3.28. The van der Waals surface area contributed by atoms with Crippen LogP contribution in [0.5, 0.6) is 5.75 Å². The summed E-state index contributed by atoms with van der Waals surface area (Å²) in [5, 5.41) is 3.01. The van der Waals surface area contributed by atoms with E-state index in [1.165, 1.54) is 26.3 Å². The molecular formula is C17H16Cl2N2O4. The first-order valence-corrected chi connectivity index (χ1v) is 8.05. The van der Waals surface area contributed by atoms with Gasteiger partial charge in [-0.15, -0.1) is 0 Å². The van der Waals surface area contributed by atoms with Gasteiger partial charge in [0.05, 0.1) is 17.2 Å². The number of carbonyl (C=O) groups is 2. The van der Waals surface area contributed by atoms with Crippen molar-refractivity contribution in [2.45, 2.75) is 20.0 Å². The van der Waals surface area contributed by atoms with Crippen LogP contribution in [0.4, 0.5) is 5.82 Å². The molecule has 6 nitrogen and oxygen atoms in total. The molecule has 1 atom stereocenters. The van der Waals surface area contributed by atoms with Gasteiger partial charge in [0.2, 0.25) is 0 Å². The highest BCUT2D eigenvalue weighted by atomic mass is 35.5. The Morgan fingerprint density at radius 1 is 1.24 bits per heavy atom. The van der Waals surface area contributed by atoms with Gasteiger partial charge in [0.1, 0.15) is 11.3 Å². The van der Waals surface area contributed by atoms with Gasteiger partial charge in [-0.25, -0.2) is 9.78 Å². The molecule has 0 radical (unpaired) electrons. The molecule has 0 fully saturated rings. The summed E-state index contributed by atoms with van der Waals surface area (Å²) < 4.78 is 10.3. The van der Waals surface area contributed by atoms with Crippen molar-refractivity contribution in [3.8, 4) is 5.75 Å². The minimum Gasteiger partial charge on any atom is -0.496 e. The summed E-state index contributed by atoms with van der Waals surface area (Å²) in [6.07, 6.45) is 0.281. The van der Waals surface area contributed by atoms with Gasteiger partial charge in [-0.1, -0.05) is 34.8 Å². The lowest BCUT2D eigenvalue weighted by Crippen LogP contribution is -2.30. The van der Waals surface area contributed by atoms with E-state index in [1.54, 1.807) is 18.2 Å². The van der Waals surface area contributed by atoms with Crippen molar-refractivity contribution in [3.63, 3.8) is 0 Å².